The molecule has 1 unspecified atom stereocenters. The molecule has 1 heterocycles. The molecular weight excluding hydrogens is 162 g/mol. The van der Waals surface area contributed by atoms with Gasteiger partial charge < -0.3 is 14.6 Å². The van der Waals surface area contributed by atoms with Crippen LogP contribution < -0.4 is 5.48 Å². The Balaban J connectivity index is 2.33. The Morgan fingerprint density at radius 2 is 2.42 bits per heavy atom. The summed E-state index contributed by atoms with van der Waals surface area (Å²) in [5.41, 5.74) is 2.56. The van der Waals surface area contributed by atoms with E-state index in [2.05, 4.69) is 10.2 Å². The molecule has 0 bridgehead atoms. The molecule has 1 saturated heterocycles. The van der Waals surface area contributed by atoms with Crippen molar-refractivity contribution in [3.05, 3.63) is 0 Å². The van der Waals surface area contributed by atoms with Crippen molar-refractivity contribution < 1.29 is 19.5 Å². The number of nitrogens with one attached hydrogen (secondary N) is 1. The molecule has 2 atom stereocenters. The van der Waals surface area contributed by atoms with Crippen molar-refractivity contribution in [2.24, 2.45) is 0 Å². The quantitative estimate of drug-likeness (QED) is 0.331. The Morgan fingerprint density at radius 1 is 1.75 bits per heavy atom. The molecule has 0 radical (unpaired) electrons. The maximum Gasteiger partial charge on any atom is 0.267 e. The van der Waals surface area contributed by atoms with Gasteiger partial charge in [-0.05, 0) is 0 Å². The van der Waals surface area contributed by atoms with Gasteiger partial charge in [0.2, 0.25) is 6.23 Å². The van der Waals surface area contributed by atoms with Gasteiger partial charge in [-0.15, -0.1) is 5.48 Å². The van der Waals surface area contributed by atoms with Crippen molar-refractivity contribution in [1.29, 1.82) is 0 Å². The van der Waals surface area contributed by atoms with E-state index < -0.39 is 11.9 Å². The lowest BCUT2D eigenvalue weighted by molar-refractivity contribution is -0.321. The Labute approximate surface area is 70.6 Å². The van der Waals surface area contributed by atoms with E-state index in [9.17, 15) is 9.90 Å². The second-order valence-corrected chi connectivity index (χ2v) is 3.29. The van der Waals surface area contributed by atoms with Crippen molar-refractivity contribution in [3.8, 4) is 0 Å². The molecule has 1 aliphatic heterocycles. The van der Waals surface area contributed by atoms with Gasteiger partial charge in [-0.2, -0.15) is 0 Å². The average Bonchev–Trinajstić information content (AvgIpc) is 2.32. The number of aliphatic hydroxyl groups is 3. The number of rotatable bonds is 3. The van der Waals surface area contributed by atoms with Crippen LogP contribution >= 0.6 is 0 Å². The van der Waals surface area contributed by atoms with E-state index >= 15 is 0 Å². The normalized spacial score (nSPS) is 30.6. The molecule has 0 aromatic carbocycles. The molecule has 0 saturated carbocycles. The molecule has 5 heteroatoms. The van der Waals surface area contributed by atoms with Crippen molar-refractivity contribution >= 4 is 6.29 Å². The minimum absolute atomic E-state index is 0.291. The fourth-order valence-corrected chi connectivity index (χ4v) is 1.03. The lowest BCUT2D eigenvalue weighted by atomic mass is 10.2. The second kappa shape index (κ2) is 3.49. The molecule has 1 fully saturated rings. The molecule has 0 aliphatic carbocycles. The maximum atomic E-state index is 10.2. The highest BCUT2D eigenvalue weighted by molar-refractivity contribution is 5.56. The summed E-state index contributed by atoms with van der Waals surface area (Å²) in [6, 6.07) is 0. The first-order valence-electron chi connectivity index (χ1n) is 3.82. The maximum absolute atomic E-state index is 10.2. The van der Waals surface area contributed by atoms with Crippen molar-refractivity contribution in [2.75, 3.05) is 0 Å². The molecule has 0 aromatic rings. The van der Waals surface area contributed by atoms with Crippen LogP contribution in [0.1, 0.15) is 20.3 Å². The smallest absolute Gasteiger partial charge is 0.267 e. The summed E-state index contributed by atoms with van der Waals surface area (Å²) in [5, 5.41) is 9.29. The molecule has 0 amide bonds. The minimum Gasteiger partial charge on any atom is -0.392 e. The summed E-state index contributed by atoms with van der Waals surface area (Å²) >= 11 is 0. The molecule has 0 spiro atoms. The van der Waals surface area contributed by atoms with Crippen LogP contribution in [0.2, 0.25) is 0 Å². The number of hydroxylamine groups is 1. The number of aldehydes is 1. The van der Waals surface area contributed by atoms with Gasteiger partial charge in [0.05, 0.1) is 6.42 Å². The first-order chi connectivity index (χ1) is 5.51. The zero-order chi connectivity index (χ0) is 9.19. The van der Waals surface area contributed by atoms with E-state index in [-0.39, 0.29) is 6.23 Å². The highest BCUT2D eigenvalue weighted by Gasteiger charge is 2.34. The van der Waals surface area contributed by atoms with Crippen LogP contribution in [0.3, 0.4) is 0 Å². The van der Waals surface area contributed by atoms with Gasteiger partial charge in [0.15, 0.2) is 6.29 Å². The SMILES string of the molecule is CC(C)(O)[OH+]C1C[C@@H](C=O)ON1. The molecule has 0 aromatic heterocycles. The first-order valence-corrected chi connectivity index (χ1v) is 3.82. The molecule has 3 N–H and O–H groups in total. The van der Waals surface area contributed by atoms with E-state index in [1.54, 1.807) is 13.8 Å². The van der Waals surface area contributed by atoms with Crippen LogP contribution in [0.4, 0.5) is 0 Å². The average molecular weight is 176 g/mol. The third-order valence-corrected chi connectivity index (χ3v) is 1.43. The highest BCUT2D eigenvalue weighted by atomic mass is 16.7. The zero-order valence-electron chi connectivity index (χ0n) is 7.15. The lowest BCUT2D eigenvalue weighted by Gasteiger charge is -2.17. The van der Waals surface area contributed by atoms with E-state index in [0.29, 0.717) is 12.7 Å². The van der Waals surface area contributed by atoms with Gasteiger partial charge >= 0.3 is 0 Å². The van der Waals surface area contributed by atoms with Gasteiger partial charge in [-0.25, -0.2) is 0 Å². The van der Waals surface area contributed by atoms with E-state index in [1.807, 2.05) is 0 Å². The number of hydrogen-bond acceptors (Lipinski definition) is 4. The van der Waals surface area contributed by atoms with Crippen LogP contribution in [0.15, 0.2) is 0 Å². The number of hydrogen-bond donors (Lipinski definition) is 2. The van der Waals surface area contributed by atoms with Crippen molar-refractivity contribution in [2.45, 2.75) is 38.4 Å². The first kappa shape index (κ1) is 9.60. The van der Waals surface area contributed by atoms with E-state index in [0.717, 1.165) is 0 Å². The summed E-state index contributed by atoms with van der Waals surface area (Å²) in [6.45, 7) is 3.14. The Hall–Kier alpha value is -0.490. The predicted octanol–water partition coefficient (Wildman–Crippen LogP) is -0.939. The number of ether oxygens (including phenoxy) is 1. The summed E-state index contributed by atoms with van der Waals surface area (Å²) in [4.78, 5) is 15.1. The van der Waals surface area contributed by atoms with Crippen molar-refractivity contribution in [1.82, 2.24) is 5.48 Å². The van der Waals surface area contributed by atoms with Crippen LogP contribution in [0.5, 0.6) is 0 Å². The summed E-state index contributed by atoms with van der Waals surface area (Å²) in [6.07, 6.45) is 0.460. The van der Waals surface area contributed by atoms with Crippen LogP contribution in [-0.4, -0.2) is 34.2 Å². The third kappa shape index (κ3) is 2.86. The molecular formula is C7H14NO4+. The second-order valence-electron chi connectivity index (χ2n) is 3.29. The van der Waals surface area contributed by atoms with Gasteiger partial charge in [0.1, 0.15) is 6.10 Å². The van der Waals surface area contributed by atoms with Gasteiger partial charge in [0.25, 0.3) is 5.79 Å². The monoisotopic (exact) mass is 176 g/mol. The Kier molecular flexibility index (Phi) is 2.79. The van der Waals surface area contributed by atoms with Crippen LogP contribution in [0, 0.1) is 0 Å². The zero-order valence-corrected chi connectivity index (χ0v) is 7.15. The highest BCUT2D eigenvalue weighted by Crippen LogP contribution is 2.12. The molecule has 70 valence electrons. The van der Waals surface area contributed by atoms with E-state index in [4.69, 9.17) is 4.84 Å². The lowest BCUT2D eigenvalue weighted by Crippen LogP contribution is -2.39. The fraction of sp³-hybridized carbons (Fsp3) is 0.857. The van der Waals surface area contributed by atoms with Gasteiger partial charge in [-0.1, -0.05) is 0 Å². The Morgan fingerprint density at radius 3 is 2.83 bits per heavy atom. The fourth-order valence-electron chi connectivity index (χ4n) is 1.03. The van der Waals surface area contributed by atoms with Crippen molar-refractivity contribution in [3.63, 3.8) is 0 Å². The molecule has 1 rings (SSSR count). The number of carbonyl (C=O) groups excluding carboxylic acids is 1. The summed E-state index contributed by atoms with van der Waals surface area (Å²) < 4.78 is 3.97. The predicted molar refractivity (Wildman–Crippen MR) is 41.0 cm³/mol. The molecule has 12 heavy (non-hydrogen) atoms. The topological polar surface area (TPSA) is 71.4 Å². The van der Waals surface area contributed by atoms with Crippen LogP contribution in [0.25, 0.3) is 0 Å². The van der Waals surface area contributed by atoms with Crippen LogP contribution in [-0.2, 0) is 9.63 Å². The number of carbonyl (C=O) groups is 1. The summed E-state index contributed by atoms with van der Waals surface area (Å²) in [7, 11) is 0. The standard InChI is InChI=1S/C7H13NO4/c1-7(2,10)11-6-3-5(4-9)12-8-6/h4-6,8,10H,3H2,1-2H3/p+1/t5-,6?/m0/s1. The van der Waals surface area contributed by atoms with Gasteiger partial charge in [-0.3, -0.25) is 4.84 Å². The third-order valence-electron chi connectivity index (χ3n) is 1.43. The molecule has 1 aliphatic rings. The van der Waals surface area contributed by atoms with Gasteiger partial charge in [0, 0.05) is 13.8 Å². The minimum atomic E-state index is -1.08. The largest absolute Gasteiger partial charge is 0.392 e. The Bertz CT molecular complexity index is 165. The molecule has 5 nitrogen and oxygen atoms in total. The van der Waals surface area contributed by atoms with E-state index in [1.165, 1.54) is 0 Å². The summed E-state index contributed by atoms with van der Waals surface area (Å²) in [5.74, 6) is -1.08.